The molecule has 1 aromatic rings. The molecule has 0 atom stereocenters. The molecular weight excluding hydrogens is 242 g/mol. The van der Waals surface area contributed by atoms with Crippen LogP contribution in [-0.4, -0.2) is 23.4 Å². The molecule has 0 aromatic heterocycles. The predicted molar refractivity (Wildman–Crippen MR) is 79.4 cm³/mol. The summed E-state index contributed by atoms with van der Waals surface area (Å²) in [6.07, 6.45) is 4.08. The second kappa shape index (κ2) is 6.08. The number of alkyl halides is 1. The summed E-state index contributed by atoms with van der Waals surface area (Å²) in [6.45, 7) is 8.71. The van der Waals surface area contributed by atoms with E-state index < -0.39 is 0 Å². The minimum atomic E-state index is 0.737. The van der Waals surface area contributed by atoms with E-state index in [1.54, 1.807) is 0 Å². The van der Waals surface area contributed by atoms with E-state index in [0.717, 1.165) is 25.0 Å². The molecule has 0 radical (unpaired) electrons. The lowest BCUT2D eigenvalue weighted by Crippen LogP contribution is -2.41. The molecule has 0 heterocycles. The van der Waals surface area contributed by atoms with Crippen molar-refractivity contribution < 1.29 is 0 Å². The number of aryl methyl sites for hydroxylation is 3. The van der Waals surface area contributed by atoms with Gasteiger partial charge in [-0.1, -0.05) is 24.1 Å². The largest absolute Gasteiger partial charge is 0.295 e. The zero-order chi connectivity index (χ0) is 13.1. The summed E-state index contributed by atoms with van der Waals surface area (Å²) in [6, 6.07) is 5.35. The van der Waals surface area contributed by atoms with Gasteiger partial charge in [-0.15, -0.1) is 11.6 Å². The molecule has 1 aliphatic carbocycles. The molecule has 0 N–H and O–H groups in total. The number of nitrogens with zero attached hydrogens (tertiary/aromatic N) is 1. The first-order valence-corrected chi connectivity index (χ1v) is 7.52. The number of rotatable bonds is 5. The molecule has 18 heavy (non-hydrogen) atoms. The van der Waals surface area contributed by atoms with Crippen LogP contribution in [0.15, 0.2) is 12.1 Å². The van der Waals surface area contributed by atoms with Crippen LogP contribution in [0.1, 0.15) is 41.5 Å². The van der Waals surface area contributed by atoms with Crippen LogP contribution in [0.2, 0.25) is 0 Å². The van der Waals surface area contributed by atoms with Crippen molar-refractivity contribution in [2.45, 2.75) is 52.6 Å². The number of hydrogen-bond acceptors (Lipinski definition) is 1. The smallest absolute Gasteiger partial charge is 0.0351 e. The van der Waals surface area contributed by atoms with Gasteiger partial charge in [-0.2, -0.15) is 0 Å². The van der Waals surface area contributed by atoms with Gasteiger partial charge in [0.2, 0.25) is 0 Å². The monoisotopic (exact) mass is 265 g/mol. The molecule has 1 aliphatic rings. The average Bonchev–Trinajstić information content (AvgIpc) is 2.20. The normalized spacial score (nSPS) is 16.1. The molecule has 100 valence electrons. The summed E-state index contributed by atoms with van der Waals surface area (Å²) in [5.74, 6) is 0.737. The minimum absolute atomic E-state index is 0.737. The van der Waals surface area contributed by atoms with E-state index in [2.05, 4.69) is 37.8 Å². The van der Waals surface area contributed by atoms with Gasteiger partial charge in [-0.25, -0.2) is 0 Å². The number of halogens is 1. The first kappa shape index (κ1) is 13.9. The Hall–Kier alpha value is -0.530. The van der Waals surface area contributed by atoms with Crippen LogP contribution in [0.3, 0.4) is 0 Å². The quantitative estimate of drug-likeness (QED) is 0.721. The van der Waals surface area contributed by atoms with Crippen molar-refractivity contribution in [3.8, 4) is 0 Å². The van der Waals surface area contributed by atoms with Crippen LogP contribution < -0.4 is 0 Å². The molecule has 1 aromatic carbocycles. The van der Waals surface area contributed by atoms with Crippen LogP contribution >= 0.6 is 11.6 Å². The summed E-state index contributed by atoms with van der Waals surface area (Å²) < 4.78 is 0. The third-order valence-electron chi connectivity index (χ3n) is 4.16. The van der Waals surface area contributed by atoms with Gasteiger partial charge in [0.15, 0.2) is 0 Å². The fourth-order valence-corrected chi connectivity index (χ4v) is 3.13. The van der Waals surface area contributed by atoms with Crippen molar-refractivity contribution in [3.63, 3.8) is 0 Å². The van der Waals surface area contributed by atoms with Gasteiger partial charge in [0.05, 0.1) is 0 Å². The summed E-state index contributed by atoms with van der Waals surface area (Å²) >= 11 is 5.95. The van der Waals surface area contributed by atoms with E-state index in [1.165, 1.54) is 41.5 Å². The second-order valence-corrected chi connectivity index (χ2v) is 6.00. The van der Waals surface area contributed by atoms with E-state index in [-0.39, 0.29) is 0 Å². The first-order valence-electron chi connectivity index (χ1n) is 6.98. The van der Waals surface area contributed by atoms with Crippen molar-refractivity contribution in [3.05, 3.63) is 34.4 Å². The Bertz CT molecular complexity index is 387. The molecule has 0 aliphatic heterocycles. The lowest BCUT2D eigenvalue weighted by Gasteiger charge is -2.38. The zero-order valence-corrected chi connectivity index (χ0v) is 12.6. The highest BCUT2D eigenvalue weighted by atomic mass is 35.5. The molecule has 1 fully saturated rings. The highest BCUT2D eigenvalue weighted by Gasteiger charge is 2.25. The van der Waals surface area contributed by atoms with Gasteiger partial charge in [0.1, 0.15) is 0 Å². The maximum absolute atomic E-state index is 5.95. The Balaban J connectivity index is 2.15. The molecule has 0 unspecified atom stereocenters. The Morgan fingerprint density at radius 2 is 1.78 bits per heavy atom. The predicted octanol–water partition coefficient (Wildman–Crippen LogP) is 4.21. The highest BCUT2D eigenvalue weighted by molar-refractivity contribution is 6.18. The fourth-order valence-electron chi connectivity index (χ4n) is 2.91. The van der Waals surface area contributed by atoms with Crippen molar-refractivity contribution in [1.29, 1.82) is 0 Å². The minimum Gasteiger partial charge on any atom is -0.295 e. The summed E-state index contributed by atoms with van der Waals surface area (Å²) in [7, 11) is 0. The average molecular weight is 266 g/mol. The van der Waals surface area contributed by atoms with Gasteiger partial charge in [0, 0.05) is 25.0 Å². The Labute approximate surface area is 116 Å². The number of benzene rings is 1. The third kappa shape index (κ3) is 3.07. The van der Waals surface area contributed by atoms with E-state index in [4.69, 9.17) is 11.6 Å². The summed E-state index contributed by atoms with van der Waals surface area (Å²) in [5, 5.41) is 0. The fraction of sp³-hybridized carbons (Fsp3) is 0.625. The molecule has 0 amide bonds. The van der Waals surface area contributed by atoms with E-state index in [1.807, 2.05) is 0 Å². The number of hydrogen-bond donors (Lipinski definition) is 0. The molecular formula is C16H24ClN. The van der Waals surface area contributed by atoms with Crippen molar-refractivity contribution in [1.82, 2.24) is 4.90 Å². The van der Waals surface area contributed by atoms with Gasteiger partial charge < -0.3 is 0 Å². The van der Waals surface area contributed by atoms with Crippen molar-refractivity contribution >= 4 is 11.6 Å². The molecule has 0 saturated heterocycles. The summed E-state index contributed by atoms with van der Waals surface area (Å²) in [5.41, 5.74) is 5.71. The van der Waals surface area contributed by atoms with Crippen LogP contribution in [0, 0.1) is 20.8 Å². The molecule has 1 nitrogen and oxygen atoms in total. The lowest BCUT2D eigenvalue weighted by molar-refractivity contribution is 0.127. The Kier molecular flexibility index (Phi) is 4.69. The van der Waals surface area contributed by atoms with Gasteiger partial charge in [0.25, 0.3) is 0 Å². The van der Waals surface area contributed by atoms with Crippen LogP contribution in [0.25, 0.3) is 0 Å². The van der Waals surface area contributed by atoms with Crippen LogP contribution in [0.5, 0.6) is 0 Å². The third-order valence-corrected chi connectivity index (χ3v) is 4.33. The zero-order valence-electron chi connectivity index (χ0n) is 11.8. The SMILES string of the molecule is Cc1cc(C)c(CN(CCCl)C2CCC2)c(C)c1. The molecule has 2 heteroatoms. The maximum atomic E-state index is 5.95. The van der Waals surface area contributed by atoms with Crippen molar-refractivity contribution in [2.75, 3.05) is 12.4 Å². The Morgan fingerprint density at radius 3 is 2.22 bits per heavy atom. The van der Waals surface area contributed by atoms with E-state index in [0.29, 0.717) is 0 Å². The topological polar surface area (TPSA) is 3.24 Å². The highest BCUT2D eigenvalue weighted by Crippen LogP contribution is 2.28. The van der Waals surface area contributed by atoms with Crippen LogP contribution in [-0.2, 0) is 6.54 Å². The lowest BCUT2D eigenvalue weighted by atomic mass is 9.90. The van der Waals surface area contributed by atoms with Gasteiger partial charge >= 0.3 is 0 Å². The van der Waals surface area contributed by atoms with Crippen molar-refractivity contribution in [2.24, 2.45) is 0 Å². The van der Waals surface area contributed by atoms with Crippen LogP contribution in [0.4, 0.5) is 0 Å². The standard InChI is InChI=1S/C16H24ClN/c1-12-9-13(2)16(14(3)10-12)11-18(8-7-17)15-5-4-6-15/h9-10,15H,4-8,11H2,1-3H3. The Morgan fingerprint density at radius 1 is 1.17 bits per heavy atom. The molecule has 1 saturated carbocycles. The van der Waals surface area contributed by atoms with Gasteiger partial charge in [-0.05, 0) is 50.3 Å². The second-order valence-electron chi connectivity index (χ2n) is 5.62. The van der Waals surface area contributed by atoms with E-state index >= 15 is 0 Å². The first-order chi connectivity index (χ1) is 8.61. The van der Waals surface area contributed by atoms with Gasteiger partial charge in [-0.3, -0.25) is 4.90 Å². The maximum Gasteiger partial charge on any atom is 0.0351 e. The molecule has 2 rings (SSSR count). The molecule has 0 bridgehead atoms. The summed E-state index contributed by atoms with van der Waals surface area (Å²) in [4.78, 5) is 2.57. The van der Waals surface area contributed by atoms with E-state index in [9.17, 15) is 0 Å². The molecule has 0 spiro atoms.